The van der Waals surface area contributed by atoms with Crippen molar-refractivity contribution in [1.82, 2.24) is 31.5 Å². The predicted octanol–water partition coefficient (Wildman–Crippen LogP) is -0.144. The fourth-order valence-electron chi connectivity index (χ4n) is 6.57. The van der Waals surface area contributed by atoms with Crippen LogP contribution in [0.5, 0.6) is 0 Å². The van der Waals surface area contributed by atoms with Crippen LogP contribution in [0.25, 0.3) is 0 Å². The van der Waals surface area contributed by atoms with Gasteiger partial charge in [0.05, 0.1) is 18.0 Å². The van der Waals surface area contributed by atoms with Crippen LogP contribution in [-0.2, 0) is 45.2 Å². The van der Waals surface area contributed by atoms with Crippen molar-refractivity contribution >= 4 is 51.2 Å². The molecule has 6 amide bonds. The third-order valence-corrected chi connectivity index (χ3v) is 10.6. The van der Waals surface area contributed by atoms with Crippen LogP contribution in [0.15, 0.2) is 54.6 Å². The summed E-state index contributed by atoms with van der Waals surface area (Å²) in [5.41, 5.74) is 0.623. The molecule has 55 heavy (non-hydrogen) atoms. The van der Waals surface area contributed by atoms with Gasteiger partial charge in [0, 0.05) is 19.5 Å². The standard InChI is InChI=1S/C37H50FN7O9S/c1-4-27-33(48)43-32(23(2)46)36(51)42-29(20-24-12-6-5-7-13-24)37(52)44-19-11-17-30(44)35(50)39-18-9-8-16-28(34(49)41-27)40-31(47)22-45(55(3,53)54)26-15-10-14-25(38)21-26/h5-7,10,12-15,21,23,27-30,32,46H,4,8-9,11,16-20,22H2,1-3H3,(H,39,50)(H,40,47)(H,41,49)(H,42,51)(H,43,48)/t23-,27+,28+,29-,30+,32+/m1/s1. The topological polar surface area (TPSA) is 223 Å². The number of anilines is 1. The Morgan fingerprint density at radius 2 is 1.64 bits per heavy atom. The number of rotatable bonds is 9. The number of halogens is 1. The first kappa shape index (κ1) is 42.6. The molecule has 0 radical (unpaired) electrons. The van der Waals surface area contributed by atoms with E-state index in [-0.39, 0.29) is 44.5 Å². The Kier molecular flexibility index (Phi) is 15.1. The van der Waals surface area contributed by atoms with Gasteiger partial charge in [0.25, 0.3) is 0 Å². The van der Waals surface area contributed by atoms with Crippen molar-refractivity contribution in [2.45, 2.75) is 95.1 Å². The van der Waals surface area contributed by atoms with Crippen molar-refractivity contribution in [3.8, 4) is 0 Å². The van der Waals surface area contributed by atoms with E-state index in [4.69, 9.17) is 0 Å². The van der Waals surface area contributed by atoms with Gasteiger partial charge in [0.15, 0.2) is 0 Å². The van der Waals surface area contributed by atoms with Crippen LogP contribution >= 0.6 is 0 Å². The lowest BCUT2D eigenvalue weighted by atomic mass is 10.0. The van der Waals surface area contributed by atoms with Gasteiger partial charge >= 0.3 is 0 Å². The summed E-state index contributed by atoms with van der Waals surface area (Å²) in [4.78, 5) is 83.1. The highest BCUT2D eigenvalue weighted by Crippen LogP contribution is 2.21. The highest BCUT2D eigenvalue weighted by molar-refractivity contribution is 7.92. The molecule has 16 nitrogen and oxygen atoms in total. The second-order valence-corrected chi connectivity index (χ2v) is 15.7. The molecular formula is C37H50FN7O9S. The lowest BCUT2D eigenvalue weighted by molar-refractivity contribution is -0.142. The maximum absolute atomic E-state index is 14.0. The molecular weight excluding hydrogens is 738 g/mol. The number of sulfonamides is 1. The summed E-state index contributed by atoms with van der Waals surface area (Å²) in [6.45, 7) is 2.54. The maximum atomic E-state index is 14.0. The van der Waals surface area contributed by atoms with Crippen molar-refractivity contribution in [2.75, 3.05) is 30.2 Å². The summed E-state index contributed by atoms with van der Waals surface area (Å²) in [5, 5.41) is 23.7. The third kappa shape index (κ3) is 11.9. The lowest BCUT2D eigenvalue weighted by Gasteiger charge is -2.30. The number of fused-ring (bicyclic) bond motifs is 1. The summed E-state index contributed by atoms with van der Waals surface area (Å²) in [5.74, 6) is -4.98. The number of aliphatic hydroxyl groups excluding tert-OH is 1. The van der Waals surface area contributed by atoms with Gasteiger partial charge in [0.2, 0.25) is 45.5 Å². The summed E-state index contributed by atoms with van der Waals surface area (Å²) in [7, 11) is -4.08. The van der Waals surface area contributed by atoms with Gasteiger partial charge in [-0.3, -0.25) is 33.1 Å². The van der Waals surface area contributed by atoms with Crippen LogP contribution in [0.1, 0.15) is 57.9 Å². The minimum atomic E-state index is -4.08. The first-order valence-electron chi connectivity index (χ1n) is 18.3. The molecule has 2 heterocycles. The minimum absolute atomic E-state index is 0.0122. The first-order chi connectivity index (χ1) is 26.1. The van der Waals surface area contributed by atoms with Gasteiger partial charge in [-0.25, -0.2) is 12.8 Å². The SMILES string of the molecule is CC[C@@H]1NC(=O)[C@@H](NC(=O)CN(c2cccc(F)c2)S(C)(=O)=O)CCCCNC(=O)[C@@H]2CCCN2C(=O)[C@@H](Cc2ccccc2)NC(=O)[C@H]([C@@H](C)O)NC1=O. The Bertz CT molecular complexity index is 1810. The van der Waals surface area contributed by atoms with Gasteiger partial charge in [-0.1, -0.05) is 43.3 Å². The van der Waals surface area contributed by atoms with Gasteiger partial charge in [-0.15, -0.1) is 0 Å². The number of nitrogens with zero attached hydrogens (tertiary/aromatic N) is 2. The molecule has 0 unspecified atom stereocenters. The maximum Gasteiger partial charge on any atom is 0.246 e. The molecule has 300 valence electrons. The first-order valence-corrected chi connectivity index (χ1v) is 20.2. The summed E-state index contributed by atoms with van der Waals surface area (Å²) in [6, 6.07) is 7.56. The van der Waals surface area contributed by atoms with Crippen molar-refractivity contribution in [1.29, 1.82) is 0 Å². The minimum Gasteiger partial charge on any atom is -0.391 e. The van der Waals surface area contributed by atoms with E-state index in [1.165, 1.54) is 24.0 Å². The number of aliphatic hydroxyl groups is 1. The van der Waals surface area contributed by atoms with Crippen LogP contribution in [0.3, 0.4) is 0 Å². The molecule has 0 saturated carbocycles. The number of carbonyl (C=O) groups is 6. The average Bonchev–Trinajstić information content (AvgIpc) is 3.63. The predicted molar refractivity (Wildman–Crippen MR) is 200 cm³/mol. The van der Waals surface area contributed by atoms with E-state index < -0.39 is 94.1 Å². The monoisotopic (exact) mass is 787 g/mol. The second-order valence-electron chi connectivity index (χ2n) is 13.8. The summed E-state index contributed by atoms with van der Waals surface area (Å²) in [6.07, 6.45) is 1.11. The highest BCUT2D eigenvalue weighted by Gasteiger charge is 2.39. The number of nitrogens with one attached hydrogen (secondary N) is 5. The van der Waals surface area contributed by atoms with Crippen LogP contribution in [-0.4, -0.2) is 116 Å². The van der Waals surface area contributed by atoms with Crippen molar-refractivity contribution < 1.29 is 46.7 Å². The molecule has 0 spiro atoms. The van der Waals surface area contributed by atoms with Crippen LogP contribution in [0.2, 0.25) is 0 Å². The zero-order valence-corrected chi connectivity index (χ0v) is 31.9. The number of hydrogen-bond donors (Lipinski definition) is 6. The number of benzene rings is 2. The van der Waals surface area contributed by atoms with E-state index in [1.54, 1.807) is 37.3 Å². The second kappa shape index (κ2) is 19.5. The quantitative estimate of drug-likeness (QED) is 0.199. The number of amides is 6. The Balaban J connectivity index is 1.60. The molecule has 2 aromatic carbocycles. The molecule has 18 heteroatoms. The van der Waals surface area contributed by atoms with Crippen LogP contribution < -0.4 is 30.9 Å². The van der Waals surface area contributed by atoms with E-state index in [9.17, 15) is 46.7 Å². The molecule has 2 aliphatic rings. The largest absolute Gasteiger partial charge is 0.391 e. The molecule has 2 aromatic rings. The summed E-state index contributed by atoms with van der Waals surface area (Å²) < 4.78 is 39.8. The van der Waals surface area contributed by atoms with Gasteiger partial charge in [-0.2, -0.15) is 0 Å². The molecule has 2 aliphatic heterocycles. The smallest absolute Gasteiger partial charge is 0.246 e. The van der Waals surface area contributed by atoms with Crippen molar-refractivity contribution in [2.24, 2.45) is 0 Å². The van der Waals surface area contributed by atoms with Gasteiger partial charge < -0.3 is 36.6 Å². The number of carbonyl (C=O) groups excluding carboxylic acids is 6. The molecule has 4 rings (SSSR count). The third-order valence-electron chi connectivity index (χ3n) is 9.49. The van der Waals surface area contributed by atoms with Gasteiger partial charge in [0.1, 0.15) is 42.6 Å². The lowest BCUT2D eigenvalue weighted by Crippen LogP contribution is -2.61. The highest BCUT2D eigenvalue weighted by atomic mass is 32.2. The molecule has 2 saturated heterocycles. The molecule has 0 aromatic heterocycles. The van der Waals surface area contributed by atoms with Crippen molar-refractivity contribution in [3.63, 3.8) is 0 Å². The average molecular weight is 788 g/mol. The van der Waals surface area contributed by atoms with E-state index in [0.29, 0.717) is 23.6 Å². The Labute approximate surface area is 320 Å². The van der Waals surface area contributed by atoms with E-state index in [0.717, 1.165) is 24.0 Å². The zero-order valence-electron chi connectivity index (χ0n) is 31.1. The van der Waals surface area contributed by atoms with E-state index in [1.807, 2.05) is 0 Å². The fourth-order valence-corrected chi connectivity index (χ4v) is 7.42. The molecule has 0 bridgehead atoms. The molecule has 0 aliphatic carbocycles. The molecule has 6 N–H and O–H groups in total. The van der Waals surface area contributed by atoms with E-state index in [2.05, 4.69) is 26.6 Å². The van der Waals surface area contributed by atoms with E-state index >= 15 is 0 Å². The Morgan fingerprint density at radius 3 is 2.29 bits per heavy atom. The fraction of sp³-hybridized carbons (Fsp3) is 0.514. The normalized spacial score (nSPS) is 24.1. The number of hydrogen-bond acceptors (Lipinski definition) is 9. The van der Waals surface area contributed by atoms with Crippen LogP contribution in [0, 0.1) is 5.82 Å². The Morgan fingerprint density at radius 1 is 0.927 bits per heavy atom. The Hall–Kier alpha value is -5.10. The van der Waals surface area contributed by atoms with Crippen LogP contribution in [0.4, 0.5) is 10.1 Å². The summed E-state index contributed by atoms with van der Waals surface area (Å²) >= 11 is 0. The zero-order chi connectivity index (χ0) is 40.3. The van der Waals surface area contributed by atoms with Crippen molar-refractivity contribution in [3.05, 3.63) is 66.0 Å². The molecule has 6 atom stereocenters. The molecule has 2 fully saturated rings. The van der Waals surface area contributed by atoms with Gasteiger partial charge in [-0.05, 0) is 69.2 Å².